The SMILES string of the molecule is CC.CC.CC.CCCC(CCC)c1ccncn1.CCCC(CCC)c1cncnc1.CCCC(CCC)c1ncccn1. The highest BCUT2D eigenvalue weighted by molar-refractivity contribution is 5.09. The lowest BCUT2D eigenvalue weighted by Crippen LogP contribution is -2.03. The van der Waals surface area contributed by atoms with Crippen molar-refractivity contribution in [3.8, 4) is 0 Å². The molecule has 0 N–H and O–H groups in total. The molecule has 0 bridgehead atoms. The van der Waals surface area contributed by atoms with Crippen molar-refractivity contribution in [2.75, 3.05) is 0 Å². The van der Waals surface area contributed by atoms with Gasteiger partial charge in [0.05, 0.1) is 0 Å². The van der Waals surface area contributed by atoms with Gasteiger partial charge in [0.1, 0.15) is 18.5 Å². The van der Waals surface area contributed by atoms with Gasteiger partial charge in [0.2, 0.25) is 0 Å². The number of rotatable bonds is 15. The minimum Gasteiger partial charge on any atom is -0.245 e. The third-order valence-electron chi connectivity index (χ3n) is 6.85. The maximum absolute atomic E-state index is 4.31. The van der Waals surface area contributed by atoms with Gasteiger partial charge in [-0.05, 0) is 62.1 Å². The summed E-state index contributed by atoms with van der Waals surface area (Å²) in [6.07, 6.45) is 27.4. The van der Waals surface area contributed by atoms with Crippen LogP contribution in [0.3, 0.4) is 0 Å². The highest BCUT2D eigenvalue weighted by Crippen LogP contribution is 2.25. The molecule has 0 radical (unpaired) electrons. The fourth-order valence-electron chi connectivity index (χ4n) is 5.00. The van der Waals surface area contributed by atoms with Crippen LogP contribution in [0.2, 0.25) is 0 Å². The Kier molecular flexibility index (Phi) is 38.8. The fraction of sp³-hybridized carbons (Fsp3) is 0.692. The zero-order chi connectivity index (χ0) is 34.6. The molecular weight excluding hydrogens is 552 g/mol. The highest BCUT2D eigenvalue weighted by Gasteiger charge is 2.12. The van der Waals surface area contributed by atoms with Gasteiger partial charge in [0, 0.05) is 48.5 Å². The van der Waals surface area contributed by atoms with Gasteiger partial charge >= 0.3 is 0 Å². The summed E-state index contributed by atoms with van der Waals surface area (Å²) >= 11 is 0. The van der Waals surface area contributed by atoms with Gasteiger partial charge in [-0.2, -0.15) is 0 Å². The average Bonchev–Trinajstić information content (AvgIpc) is 3.12. The first-order chi connectivity index (χ1) is 22.1. The van der Waals surface area contributed by atoms with E-state index in [1.807, 2.05) is 84.7 Å². The molecule has 3 aromatic heterocycles. The summed E-state index contributed by atoms with van der Waals surface area (Å²) in [5.74, 6) is 2.89. The summed E-state index contributed by atoms with van der Waals surface area (Å²) in [5.41, 5.74) is 2.50. The second-order valence-electron chi connectivity index (χ2n) is 10.2. The zero-order valence-electron chi connectivity index (χ0n) is 31.6. The Bertz CT molecular complexity index is 768. The van der Waals surface area contributed by atoms with E-state index in [4.69, 9.17) is 0 Å². The van der Waals surface area contributed by atoms with Gasteiger partial charge in [-0.3, -0.25) is 0 Å². The van der Waals surface area contributed by atoms with Crippen LogP contribution in [0.15, 0.2) is 55.8 Å². The lowest BCUT2D eigenvalue weighted by atomic mass is 9.92. The molecular formula is C39H72N6. The Hall–Kier alpha value is -2.76. The molecule has 0 aliphatic rings. The number of hydrogen-bond acceptors (Lipinski definition) is 6. The quantitative estimate of drug-likeness (QED) is 0.167. The van der Waals surface area contributed by atoms with Crippen molar-refractivity contribution in [1.82, 2.24) is 29.9 Å². The average molecular weight is 625 g/mol. The third-order valence-corrected chi connectivity index (χ3v) is 6.85. The summed E-state index contributed by atoms with van der Waals surface area (Å²) in [5, 5.41) is 0. The molecule has 3 aromatic rings. The van der Waals surface area contributed by atoms with Gasteiger partial charge < -0.3 is 0 Å². The van der Waals surface area contributed by atoms with Crippen molar-refractivity contribution in [1.29, 1.82) is 0 Å². The molecule has 0 unspecified atom stereocenters. The summed E-state index contributed by atoms with van der Waals surface area (Å²) < 4.78 is 0. The van der Waals surface area contributed by atoms with E-state index >= 15 is 0 Å². The molecule has 0 atom stereocenters. The molecule has 258 valence electrons. The largest absolute Gasteiger partial charge is 0.245 e. The third kappa shape index (κ3) is 24.2. The van der Waals surface area contributed by atoms with Crippen LogP contribution in [0.5, 0.6) is 0 Å². The predicted octanol–water partition coefficient (Wildman–Crippen LogP) is 12.6. The normalized spacial score (nSPS) is 9.67. The fourth-order valence-corrected chi connectivity index (χ4v) is 5.00. The Balaban J connectivity index is -0.000000541. The van der Waals surface area contributed by atoms with Crippen molar-refractivity contribution >= 4 is 0 Å². The van der Waals surface area contributed by atoms with Crippen LogP contribution >= 0.6 is 0 Å². The van der Waals surface area contributed by atoms with Gasteiger partial charge in [-0.15, -0.1) is 0 Å². The molecule has 0 aromatic carbocycles. The molecule has 0 aliphatic heterocycles. The van der Waals surface area contributed by atoms with Crippen molar-refractivity contribution in [2.24, 2.45) is 0 Å². The van der Waals surface area contributed by atoms with Crippen molar-refractivity contribution < 1.29 is 0 Å². The first kappa shape index (κ1) is 46.7. The van der Waals surface area contributed by atoms with Crippen molar-refractivity contribution in [3.63, 3.8) is 0 Å². The van der Waals surface area contributed by atoms with E-state index in [0.717, 1.165) is 5.82 Å². The van der Waals surface area contributed by atoms with E-state index in [0.29, 0.717) is 17.8 Å². The lowest BCUT2D eigenvalue weighted by molar-refractivity contribution is 0.533. The Morgan fingerprint density at radius 2 is 0.889 bits per heavy atom. The molecule has 0 fully saturated rings. The van der Waals surface area contributed by atoms with Crippen LogP contribution in [0.25, 0.3) is 0 Å². The van der Waals surface area contributed by atoms with Crippen LogP contribution in [-0.2, 0) is 0 Å². The second kappa shape index (κ2) is 37.4. The van der Waals surface area contributed by atoms with Crippen LogP contribution in [0.4, 0.5) is 0 Å². The summed E-state index contributed by atoms with van der Waals surface area (Å²) in [6.45, 7) is 25.3. The Morgan fingerprint density at radius 1 is 0.467 bits per heavy atom. The van der Waals surface area contributed by atoms with E-state index in [1.165, 1.54) is 88.3 Å². The molecule has 45 heavy (non-hydrogen) atoms. The van der Waals surface area contributed by atoms with Crippen molar-refractivity contribution in [2.45, 2.75) is 178 Å². The first-order valence-corrected chi connectivity index (χ1v) is 18.4. The predicted molar refractivity (Wildman–Crippen MR) is 198 cm³/mol. The molecule has 0 saturated carbocycles. The summed E-state index contributed by atoms with van der Waals surface area (Å²) in [6, 6.07) is 3.91. The van der Waals surface area contributed by atoms with Gasteiger partial charge in [0.25, 0.3) is 0 Å². The summed E-state index contributed by atoms with van der Waals surface area (Å²) in [7, 11) is 0. The summed E-state index contributed by atoms with van der Waals surface area (Å²) in [4.78, 5) is 25.0. The van der Waals surface area contributed by atoms with Crippen LogP contribution in [0.1, 0.15) is 195 Å². The smallest absolute Gasteiger partial charge is 0.131 e. The lowest BCUT2D eigenvalue weighted by Gasteiger charge is -2.13. The molecule has 3 rings (SSSR count). The molecule has 0 spiro atoms. The maximum Gasteiger partial charge on any atom is 0.131 e. The number of hydrogen-bond donors (Lipinski definition) is 0. The monoisotopic (exact) mass is 625 g/mol. The van der Waals surface area contributed by atoms with E-state index in [9.17, 15) is 0 Å². The van der Waals surface area contributed by atoms with E-state index in [-0.39, 0.29) is 0 Å². The minimum atomic E-state index is 0.566. The van der Waals surface area contributed by atoms with E-state index < -0.39 is 0 Å². The molecule has 6 heteroatoms. The molecule has 0 saturated heterocycles. The molecule has 0 aliphatic carbocycles. The van der Waals surface area contributed by atoms with Crippen LogP contribution in [0, 0.1) is 0 Å². The van der Waals surface area contributed by atoms with E-state index in [2.05, 4.69) is 71.4 Å². The van der Waals surface area contributed by atoms with Crippen LogP contribution in [-0.4, -0.2) is 29.9 Å². The number of nitrogens with zero attached hydrogens (tertiary/aromatic N) is 6. The number of aromatic nitrogens is 6. The Morgan fingerprint density at radius 3 is 1.29 bits per heavy atom. The van der Waals surface area contributed by atoms with Crippen LogP contribution < -0.4 is 0 Å². The van der Waals surface area contributed by atoms with Gasteiger partial charge in [0.15, 0.2) is 0 Å². The van der Waals surface area contributed by atoms with E-state index in [1.54, 1.807) is 12.7 Å². The molecule has 6 nitrogen and oxygen atoms in total. The second-order valence-corrected chi connectivity index (χ2v) is 10.2. The van der Waals surface area contributed by atoms with Gasteiger partial charge in [-0.25, -0.2) is 29.9 Å². The minimum absolute atomic E-state index is 0.566. The first-order valence-electron chi connectivity index (χ1n) is 18.4. The zero-order valence-corrected chi connectivity index (χ0v) is 31.6. The highest BCUT2D eigenvalue weighted by atomic mass is 14.9. The molecule has 0 amide bonds. The molecule has 3 heterocycles. The van der Waals surface area contributed by atoms with Crippen molar-refractivity contribution in [3.05, 3.63) is 72.9 Å². The Labute approximate surface area is 280 Å². The maximum atomic E-state index is 4.31. The van der Waals surface area contributed by atoms with Gasteiger partial charge in [-0.1, -0.05) is 122 Å². The topological polar surface area (TPSA) is 77.3 Å². The standard InChI is InChI=1S/3C11H18N2.3C2H6/c1-3-6-10(7-4-2)11-12-8-5-9-13-11;1-3-5-10(6-4-2)11-7-12-9-13-8-11;1-3-5-10(6-4-2)11-7-8-12-9-13-11;3*1-2/h5,8-10H,3-4,6-7H2,1-2H3;2*7-10H,3-6H2,1-2H3;3*1-2H3.